The summed E-state index contributed by atoms with van der Waals surface area (Å²) in [7, 11) is 0. The van der Waals surface area contributed by atoms with E-state index in [4.69, 9.17) is 5.26 Å². The molecule has 2 nitrogen and oxygen atoms in total. The summed E-state index contributed by atoms with van der Waals surface area (Å²) < 4.78 is 0. The van der Waals surface area contributed by atoms with E-state index in [0.29, 0.717) is 5.92 Å². The summed E-state index contributed by atoms with van der Waals surface area (Å²) in [4.78, 5) is 0. The van der Waals surface area contributed by atoms with Crippen molar-refractivity contribution >= 4 is 0 Å². The highest BCUT2D eigenvalue weighted by molar-refractivity contribution is 5.07. The number of nitrogens with zero attached hydrogens (tertiary/aromatic N) is 1. The smallest absolute Gasteiger partial charge is 0.106 e. The fourth-order valence-electron chi connectivity index (χ4n) is 1.41. The molecule has 0 radical (unpaired) electrons. The van der Waals surface area contributed by atoms with Crippen molar-refractivity contribution in [2.75, 3.05) is 6.54 Å². The maximum atomic E-state index is 9.11. The van der Waals surface area contributed by atoms with Gasteiger partial charge in [-0.1, -0.05) is 20.3 Å². The van der Waals surface area contributed by atoms with E-state index in [0.717, 1.165) is 18.9 Å². The Morgan fingerprint density at radius 2 is 2.23 bits per heavy atom. The highest BCUT2D eigenvalue weighted by Gasteiger charge is 2.32. The lowest BCUT2D eigenvalue weighted by molar-refractivity contribution is 0.306. The average molecular weight is 180 g/mol. The monoisotopic (exact) mass is 180 g/mol. The van der Waals surface area contributed by atoms with E-state index in [1.165, 1.54) is 12.8 Å². The zero-order chi connectivity index (χ0) is 9.90. The summed E-state index contributed by atoms with van der Waals surface area (Å²) in [6.07, 6.45) is 3.74. The molecule has 13 heavy (non-hydrogen) atoms. The van der Waals surface area contributed by atoms with Crippen molar-refractivity contribution in [3.05, 3.63) is 0 Å². The van der Waals surface area contributed by atoms with Gasteiger partial charge in [0.1, 0.15) is 5.54 Å². The van der Waals surface area contributed by atoms with E-state index in [1.807, 2.05) is 6.92 Å². The summed E-state index contributed by atoms with van der Waals surface area (Å²) >= 11 is 0. The summed E-state index contributed by atoms with van der Waals surface area (Å²) in [6, 6.07) is 2.40. The van der Waals surface area contributed by atoms with Gasteiger partial charge in [-0.05, 0) is 38.1 Å². The Morgan fingerprint density at radius 3 is 2.62 bits per heavy atom. The number of nitriles is 1. The minimum absolute atomic E-state index is 0.322. The van der Waals surface area contributed by atoms with Crippen LogP contribution in [-0.2, 0) is 0 Å². The molecule has 1 rings (SSSR count). The molecule has 1 aliphatic carbocycles. The van der Waals surface area contributed by atoms with E-state index in [-0.39, 0.29) is 5.54 Å². The lowest BCUT2D eigenvalue weighted by Gasteiger charge is -2.29. The molecule has 0 spiro atoms. The maximum Gasteiger partial charge on any atom is 0.106 e. The van der Waals surface area contributed by atoms with Crippen LogP contribution in [0.1, 0.15) is 40.0 Å². The Labute approximate surface area is 81.3 Å². The lowest BCUT2D eigenvalue weighted by Crippen LogP contribution is -2.47. The molecular formula is C11H20N2. The Kier molecular flexibility index (Phi) is 3.33. The number of nitrogens with one attached hydrogen (secondary N) is 1. The quantitative estimate of drug-likeness (QED) is 0.704. The van der Waals surface area contributed by atoms with Crippen LogP contribution in [-0.4, -0.2) is 12.1 Å². The SMILES string of the molecule is CCC(C)C(C)(C#N)NCC1CC1. The summed E-state index contributed by atoms with van der Waals surface area (Å²) in [5, 5.41) is 12.5. The first kappa shape index (κ1) is 10.5. The zero-order valence-electron chi connectivity index (χ0n) is 8.93. The van der Waals surface area contributed by atoms with Gasteiger partial charge in [0.15, 0.2) is 0 Å². The normalized spacial score (nSPS) is 23.2. The number of hydrogen-bond donors (Lipinski definition) is 1. The molecule has 0 bridgehead atoms. The van der Waals surface area contributed by atoms with Crippen molar-refractivity contribution in [3.8, 4) is 6.07 Å². The van der Waals surface area contributed by atoms with Gasteiger partial charge in [0.25, 0.3) is 0 Å². The van der Waals surface area contributed by atoms with Gasteiger partial charge in [-0.3, -0.25) is 5.32 Å². The Bertz CT molecular complexity index is 203. The van der Waals surface area contributed by atoms with Crippen molar-refractivity contribution in [3.63, 3.8) is 0 Å². The van der Waals surface area contributed by atoms with Crippen molar-refractivity contribution in [1.82, 2.24) is 5.32 Å². The van der Waals surface area contributed by atoms with Crippen molar-refractivity contribution in [1.29, 1.82) is 5.26 Å². The van der Waals surface area contributed by atoms with Crippen LogP contribution in [0.25, 0.3) is 0 Å². The number of hydrogen-bond acceptors (Lipinski definition) is 2. The van der Waals surface area contributed by atoms with Gasteiger partial charge in [0.2, 0.25) is 0 Å². The van der Waals surface area contributed by atoms with Crippen LogP contribution in [0.4, 0.5) is 0 Å². The molecule has 1 aliphatic rings. The van der Waals surface area contributed by atoms with Gasteiger partial charge in [0.05, 0.1) is 6.07 Å². The summed E-state index contributed by atoms with van der Waals surface area (Å²) in [5.41, 5.74) is -0.322. The lowest BCUT2D eigenvalue weighted by atomic mass is 9.86. The molecule has 0 heterocycles. The maximum absolute atomic E-state index is 9.11. The highest BCUT2D eigenvalue weighted by atomic mass is 15.0. The molecule has 2 unspecified atom stereocenters. The van der Waals surface area contributed by atoms with Crippen LogP contribution in [0.5, 0.6) is 0 Å². The van der Waals surface area contributed by atoms with Gasteiger partial charge in [-0.2, -0.15) is 5.26 Å². The second-order valence-electron chi connectivity index (χ2n) is 4.45. The topological polar surface area (TPSA) is 35.8 Å². The van der Waals surface area contributed by atoms with Gasteiger partial charge >= 0.3 is 0 Å². The van der Waals surface area contributed by atoms with E-state index in [1.54, 1.807) is 0 Å². The Balaban J connectivity index is 2.42. The Morgan fingerprint density at radius 1 is 1.62 bits per heavy atom. The van der Waals surface area contributed by atoms with Gasteiger partial charge in [-0.15, -0.1) is 0 Å². The third-order valence-corrected chi connectivity index (χ3v) is 3.29. The van der Waals surface area contributed by atoms with Gasteiger partial charge in [-0.25, -0.2) is 0 Å². The first-order valence-corrected chi connectivity index (χ1v) is 5.28. The molecule has 74 valence electrons. The van der Waals surface area contributed by atoms with Crippen LogP contribution >= 0.6 is 0 Å². The fraction of sp³-hybridized carbons (Fsp3) is 0.909. The van der Waals surface area contributed by atoms with Crippen LogP contribution < -0.4 is 5.32 Å². The standard InChI is InChI=1S/C11H20N2/c1-4-9(2)11(3,8-12)13-7-10-5-6-10/h9-10,13H,4-7H2,1-3H3. The van der Waals surface area contributed by atoms with Crippen LogP contribution in [0.2, 0.25) is 0 Å². The predicted molar refractivity (Wildman–Crippen MR) is 54.2 cm³/mol. The molecule has 2 heteroatoms. The van der Waals surface area contributed by atoms with Crippen LogP contribution in [0.15, 0.2) is 0 Å². The Hall–Kier alpha value is -0.550. The van der Waals surface area contributed by atoms with Crippen LogP contribution in [0, 0.1) is 23.2 Å². The third kappa shape index (κ3) is 2.70. The largest absolute Gasteiger partial charge is 0.299 e. The van der Waals surface area contributed by atoms with E-state index < -0.39 is 0 Å². The van der Waals surface area contributed by atoms with Gasteiger partial charge < -0.3 is 0 Å². The molecule has 1 saturated carbocycles. The minimum atomic E-state index is -0.322. The molecule has 0 saturated heterocycles. The van der Waals surface area contributed by atoms with Crippen LogP contribution in [0.3, 0.4) is 0 Å². The zero-order valence-corrected chi connectivity index (χ0v) is 8.93. The third-order valence-electron chi connectivity index (χ3n) is 3.29. The average Bonchev–Trinajstić information content (AvgIpc) is 2.96. The first-order valence-electron chi connectivity index (χ1n) is 5.28. The summed E-state index contributed by atoms with van der Waals surface area (Å²) in [5.74, 6) is 1.27. The first-order chi connectivity index (χ1) is 6.12. The molecule has 0 aliphatic heterocycles. The molecule has 2 atom stereocenters. The summed E-state index contributed by atoms with van der Waals surface area (Å²) in [6.45, 7) is 7.32. The number of rotatable bonds is 5. The second-order valence-corrected chi connectivity index (χ2v) is 4.45. The van der Waals surface area contributed by atoms with E-state index in [2.05, 4.69) is 25.2 Å². The van der Waals surface area contributed by atoms with E-state index >= 15 is 0 Å². The van der Waals surface area contributed by atoms with Gasteiger partial charge in [0, 0.05) is 0 Å². The van der Waals surface area contributed by atoms with Crippen molar-refractivity contribution < 1.29 is 0 Å². The van der Waals surface area contributed by atoms with Crippen molar-refractivity contribution in [2.45, 2.75) is 45.6 Å². The molecule has 1 N–H and O–H groups in total. The second kappa shape index (κ2) is 4.11. The highest BCUT2D eigenvalue weighted by Crippen LogP contribution is 2.29. The van der Waals surface area contributed by atoms with Crippen molar-refractivity contribution in [2.24, 2.45) is 11.8 Å². The molecule has 1 fully saturated rings. The van der Waals surface area contributed by atoms with E-state index in [9.17, 15) is 0 Å². The molecule has 0 aromatic rings. The fourth-order valence-corrected chi connectivity index (χ4v) is 1.41. The molecule has 0 amide bonds. The molecule has 0 aromatic heterocycles. The minimum Gasteiger partial charge on any atom is -0.299 e. The predicted octanol–water partition coefficient (Wildman–Crippen LogP) is 2.31. The molecule has 0 aromatic carbocycles. The molecular weight excluding hydrogens is 160 g/mol.